The maximum absolute atomic E-state index is 10.6. The molecule has 2 aromatic rings. The van der Waals surface area contributed by atoms with Gasteiger partial charge < -0.3 is 5.73 Å². The van der Waals surface area contributed by atoms with Crippen molar-refractivity contribution >= 4 is 34.0 Å². The lowest BCUT2D eigenvalue weighted by molar-refractivity contribution is -0.384. The quantitative estimate of drug-likeness (QED) is 0.642. The van der Waals surface area contributed by atoms with Crippen LogP contribution in [0.25, 0.3) is 0 Å². The van der Waals surface area contributed by atoms with Gasteiger partial charge in [-0.3, -0.25) is 10.1 Å². The van der Waals surface area contributed by atoms with Crippen LogP contribution >= 0.6 is 28.3 Å². The van der Waals surface area contributed by atoms with Crippen LogP contribution in [0.5, 0.6) is 0 Å². The van der Waals surface area contributed by atoms with Crippen molar-refractivity contribution in [3.05, 3.63) is 56.0 Å². The molecule has 1 saturated carbocycles. The third kappa shape index (κ3) is 3.87. The molecule has 0 saturated heterocycles. The topological polar surface area (TPSA) is 82.0 Å². The Hall–Kier alpha value is -1.31. The van der Waals surface area contributed by atoms with Gasteiger partial charge in [-0.2, -0.15) is 0 Å². The summed E-state index contributed by atoms with van der Waals surface area (Å²) in [5.41, 5.74) is 8.19. The van der Waals surface area contributed by atoms with E-state index in [0.717, 1.165) is 11.3 Å². The summed E-state index contributed by atoms with van der Waals surface area (Å²) in [6.07, 6.45) is 3.13. The Labute approximate surface area is 137 Å². The Bertz CT molecular complexity index is 625. The molecule has 21 heavy (non-hydrogen) atoms. The maximum atomic E-state index is 10.6. The van der Waals surface area contributed by atoms with E-state index in [-0.39, 0.29) is 28.7 Å². The molecule has 7 heteroatoms. The van der Waals surface area contributed by atoms with Crippen LogP contribution < -0.4 is 5.73 Å². The number of hydrogen-bond donors (Lipinski definition) is 1. The van der Waals surface area contributed by atoms with Crippen LogP contribution in [0.15, 0.2) is 29.6 Å². The molecule has 0 aliphatic heterocycles. The van der Waals surface area contributed by atoms with Gasteiger partial charge >= 0.3 is 0 Å². The number of hydrogen-bond acceptors (Lipinski definition) is 5. The molecule has 1 aromatic heterocycles. The highest BCUT2D eigenvalue weighted by atomic mass is 79.9. The number of nitrogens with two attached hydrogens (primary N) is 1. The molecule has 1 atom stereocenters. The minimum atomic E-state index is -0.397. The second-order valence-corrected chi connectivity index (χ2v) is 6.01. The van der Waals surface area contributed by atoms with E-state index in [1.165, 1.54) is 30.0 Å². The smallest absolute Gasteiger partial charge is 0.269 e. The first-order chi connectivity index (χ1) is 9.63. The SMILES string of the molecule is Br.NC(Cc1ccc([N+](=O)[O-])cc1)c1csc(C2CC2)n1. The van der Waals surface area contributed by atoms with Crippen molar-refractivity contribution in [3.63, 3.8) is 0 Å². The van der Waals surface area contributed by atoms with Gasteiger partial charge in [0, 0.05) is 23.4 Å². The molecule has 0 spiro atoms. The molecule has 5 nitrogen and oxygen atoms in total. The highest BCUT2D eigenvalue weighted by Gasteiger charge is 2.27. The Morgan fingerprint density at radius 1 is 1.38 bits per heavy atom. The molecule has 3 rings (SSSR count). The minimum absolute atomic E-state index is 0. The monoisotopic (exact) mass is 369 g/mol. The fourth-order valence-corrected chi connectivity index (χ4v) is 3.16. The van der Waals surface area contributed by atoms with Gasteiger partial charge in [0.25, 0.3) is 5.69 Å². The number of thiazole rings is 1. The van der Waals surface area contributed by atoms with E-state index in [9.17, 15) is 10.1 Å². The number of aromatic nitrogens is 1. The fraction of sp³-hybridized carbons (Fsp3) is 0.357. The predicted octanol–water partition coefficient (Wildman–Crippen LogP) is 3.75. The fourth-order valence-electron chi connectivity index (χ4n) is 2.10. The van der Waals surface area contributed by atoms with Gasteiger partial charge in [0.05, 0.1) is 21.7 Å². The van der Waals surface area contributed by atoms with Gasteiger partial charge in [-0.1, -0.05) is 12.1 Å². The standard InChI is InChI=1S/C14H15N3O2S.BrH/c15-12(13-8-20-14(16-13)10-3-4-10)7-9-1-5-11(6-2-9)17(18)19;/h1-2,5-6,8,10,12H,3-4,7,15H2;1H. The molecule has 0 bridgehead atoms. The Morgan fingerprint density at radius 2 is 2.05 bits per heavy atom. The first-order valence-electron chi connectivity index (χ1n) is 6.57. The van der Waals surface area contributed by atoms with Crippen LogP contribution in [0.3, 0.4) is 0 Å². The van der Waals surface area contributed by atoms with Gasteiger partial charge in [0.2, 0.25) is 0 Å². The van der Waals surface area contributed by atoms with Gasteiger partial charge in [-0.05, 0) is 24.8 Å². The average Bonchev–Trinajstić information content (AvgIpc) is 3.17. The molecule has 0 radical (unpaired) electrons. The van der Waals surface area contributed by atoms with Crippen molar-refractivity contribution in [2.45, 2.75) is 31.2 Å². The summed E-state index contributed by atoms with van der Waals surface area (Å²) in [6, 6.07) is 6.38. The van der Waals surface area contributed by atoms with Gasteiger partial charge in [-0.25, -0.2) is 4.98 Å². The van der Waals surface area contributed by atoms with Gasteiger partial charge in [0.15, 0.2) is 0 Å². The van der Waals surface area contributed by atoms with Crippen LogP contribution in [-0.2, 0) is 6.42 Å². The molecule has 1 heterocycles. The Morgan fingerprint density at radius 3 is 2.62 bits per heavy atom. The molecule has 1 aromatic carbocycles. The number of rotatable bonds is 5. The van der Waals surface area contributed by atoms with E-state index in [1.807, 2.05) is 5.38 Å². The summed E-state index contributed by atoms with van der Waals surface area (Å²) in [6.45, 7) is 0. The summed E-state index contributed by atoms with van der Waals surface area (Å²) < 4.78 is 0. The lowest BCUT2D eigenvalue weighted by atomic mass is 10.0. The van der Waals surface area contributed by atoms with Gasteiger partial charge in [-0.15, -0.1) is 28.3 Å². The molecular weight excluding hydrogens is 354 g/mol. The minimum Gasteiger partial charge on any atom is -0.322 e. The summed E-state index contributed by atoms with van der Waals surface area (Å²) in [7, 11) is 0. The summed E-state index contributed by atoms with van der Waals surface area (Å²) >= 11 is 1.68. The largest absolute Gasteiger partial charge is 0.322 e. The van der Waals surface area contributed by atoms with E-state index in [4.69, 9.17) is 5.73 Å². The number of benzene rings is 1. The zero-order chi connectivity index (χ0) is 14.1. The number of non-ortho nitro benzene ring substituents is 1. The highest BCUT2D eigenvalue weighted by Crippen LogP contribution is 2.41. The molecule has 112 valence electrons. The zero-order valence-corrected chi connectivity index (χ0v) is 13.8. The molecule has 1 aliphatic rings. The van der Waals surface area contributed by atoms with Crippen molar-refractivity contribution in [1.82, 2.24) is 4.98 Å². The second kappa shape index (κ2) is 6.64. The molecule has 2 N–H and O–H groups in total. The van der Waals surface area contributed by atoms with Crippen molar-refractivity contribution in [3.8, 4) is 0 Å². The Kier molecular flexibility index (Phi) is 5.08. The number of nitrogens with zero attached hydrogens (tertiary/aromatic N) is 2. The van der Waals surface area contributed by atoms with E-state index >= 15 is 0 Å². The van der Waals surface area contributed by atoms with Crippen LogP contribution in [-0.4, -0.2) is 9.91 Å². The first-order valence-corrected chi connectivity index (χ1v) is 7.45. The normalized spacial score (nSPS) is 15.3. The van der Waals surface area contributed by atoms with Crippen molar-refractivity contribution in [2.24, 2.45) is 5.73 Å². The van der Waals surface area contributed by atoms with Crippen molar-refractivity contribution in [2.75, 3.05) is 0 Å². The summed E-state index contributed by atoms with van der Waals surface area (Å²) in [5, 5.41) is 13.8. The molecule has 1 unspecified atom stereocenters. The Balaban J connectivity index is 0.00000161. The molecule has 0 amide bonds. The van der Waals surface area contributed by atoms with Crippen molar-refractivity contribution in [1.29, 1.82) is 0 Å². The maximum Gasteiger partial charge on any atom is 0.269 e. The van der Waals surface area contributed by atoms with E-state index in [0.29, 0.717) is 12.3 Å². The zero-order valence-electron chi connectivity index (χ0n) is 11.3. The van der Waals surface area contributed by atoms with E-state index in [1.54, 1.807) is 23.5 Å². The summed E-state index contributed by atoms with van der Waals surface area (Å²) in [4.78, 5) is 14.8. The second-order valence-electron chi connectivity index (χ2n) is 5.12. The van der Waals surface area contributed by atoms with Crippen LogP contribution in [0.2, 0.25) is 0 Å². The average molecular weight is 370 g/mol. The summed E-state index contributed by atoms with van der Waals surface area (Å²) in [5.74, 6) is 0.653. The number of nitro groups is 1. The molecule has 1 fully saturated rings. The van der Waals surface area contributed by atoms with Crippen LogP contribution in [0.1, 0.15) is 41.1 Å². The predicted molar refractivity (Wildman–Crippen MR) is 88.1 cm³/mol. The van der Waals surface area contributed by atoms with E-state index in [2.05, 4.69) is 4.98 Å². The van der Waals surface area contributed by atoms with Gasteiger partial charge in [0.1, 0.15) is 0 Å². The number of nitro benzene ring substituents is 1. The van der Waals surface area contributed by atoms with Crippen LogP contribution in [0.4, 0.5) is 5.69 Å². The lowest BCUT2D eigenvalue weighted by Gasteiger charge is -2.08. The van der Waals surface area contributed by atoms with Crippen LogP contribution in [0, 0.1) is 10.1 Å². The number of halogens is 1. The molecule has 1 aliphatic carbocycles. The molecular formula is C14H16BrN3O2S. The third-order valence-electron chi connectivity index (χ3n) is 3.45. The first kappa shape index (κ1) is 16.1. The van der Waals surface area contributed by atoms with Crippen molar-refractivity contribution < 1.29 is 4.92 Å². The van der Waals surface area contributed by atoms with E-state index < -0.39 is 4.92 Å². The third-order valence-corrected chi connectivity index (χ3v) is 4.47. The lowest BCUT2D eigenvalue weighted by Crippen LogP contribution is -2.13. The highest BCUT2D eigenvalue weighted by molar-refractivity contribution is 8.93.